The van der Waals surface area contributed by atoms with Gasteiger partial charge < -0.3 is 10.1 Å². The molecule has 1 aromatic rings. The van der Waals surface area contributed by atoms with Crippen LogP contribution in [0.1, 0.15) is 23.1 Å². The molecule has 0 atom stereocenters. The van der Waals surface area contributed by atoms with Crippen molar-refractivity contribution in [3.05, 3.63) is 29.6 Å². The number of Topliss-reactive ketones (excluding diaryl/α,β-unsaturated/α-hetero) is 1. The molecule has 1 heterocycles. The second-order valence-corrected chi connectivity index (χ2v) is 3.49. The van der Waals surface area contributed by atoms with Gasteiger partial charge in [-0.3, -0.25) is 9.59 Å². The van der Waals surface area contributed by atoms with Gasteiger partial charge in [-0.2, -0.15) is 0 Å². The van der Waals surface area contributed by atoms with Crippen LogP contribution in [0.2, 0.25) is 0 Å². The number of carbonyl (C=O) groups is 3. The summed E-state index contributed by atoms with van der Waals surface area (Å²) in [6.07, 6.45) is 0. The lowest BCUT2D eigenvalue weighted by molar-refractivity contribution is -0.154. The van der Waals surface area contributed by atoms with E-state index < -0.39 is 11.9 Å². The molecule has 1 rings (SSSR count). The first-order valence-corrected chi connectivity index (χ1v) is 5.46. The lowest BCUT2D eigenvalue weighted by atomic mass is 10.2. The molecule has 0 fully saturated rings. The van der Waals surface area contributed by atoms with Gasteiger partial charge in [0.05, 0.1) is 13.2 Å². The molecule has 0 bridgehead atoms. The number of ether oxygens (including phenoxy) is 1. The Hall–Kier alpha value is -2.24. The Labute approximate surface area is 104 Å². The van der Waals surface area contributed by atoms with Crippen LogP contribution in [-0.2, 0) is 14.3 Å². The van der Waals surface area contributed by atoms with Crippen molar-refractivity contribution in [3.8, 4) is 0 Å². The van der Waals surface area contributed by atoms with Gasteiger partial charge in [0.1, 0.15) is 5.69 Å². The molecule has 0 saturated carbocycles. The number of nitrogens with zero attached hydrogens (tertiary/aromatic N) is 1. The number of pyridine rings is 1. The van der Waals surface area contributed by atoms with Crippen LogP contribution in [0.3, 0.4) is 0 Å². The van der Waals surface area contributed by atoms with Gasteiger partial charge in [0.2, 0.25) is 0 Å². The van der Waals surface area contributed by atoms with Crippen molar-refractivity contribution in [2.75, 3.05) is 13.2 Å². The van der Waals surface area contributed by atoms with Crippen molar-refractivity contribution in [2.24, 2.45) is 0 Å². The maximum atomic E-state index is 11.7. The summed E-state index contributed by atoms with van der Waals surface area (Å²) >= 11 is 0. The van der Waals surface area contributed by atoms with Crippen LogP contribution in [0.25, 0.3) is 0 Å². The fourth-order valence-corrected chi connectivity index (χ4v) is 1.22. The summed E-state index contributed by atoms with van der Waals surface area (Å²) in [6, 6.07) is 5.00. The van der Waals surface area contributed by atoms with E-state index in [-0.39, 0.29) is 24.6 Å². The van der Waals surface area contributed by atoms with Crippen LogP contribution in [0.5, 0.6) is 0 Å². The lowest BCUT2D eigenvalue weighted by Crippen LogP contribution is -2.36. The average molecular weight is 250 g/mol. The van der Waals surface area contributed by atoms with Crippen LogP contribution in [0, 0.1) is 6.92 Å². The van der Waals surface area contributed by atoms with Crippen LogP contribution in [-0.4, -0.2) is 35.8 Å². The van der Waals surface area contributed by atoms with E-state index in [9.17, 15) is 14.4 Å². The highest BCUT2D eigenvalue weighted by atomic mass is 16.5. The molecule has 96 valence electrons. The Morgan fingerprint density at radius 1 is 1.33 bits per heavy atom. The van der Waals surface area contributed by atoms with E-state index in [2.05, 4.69) is 15.0 Å². The van der Waals surface area contributed by atoms with Gasteiger partial charge in [0, 0.05) is 5.69 Å². The molecule has 0 saturated heterocycles. The van der Waals surface area contributed by atoms with Gasteiger partial charge >= 0.3 is 11.9 Å². The summed E-state index contributed by atoms with van der Waals surface area (Å²) < 4.78 is 4.48. The maximum absolute atomic E-state index is 11.7. The molecule has 1 N–H and O–H groups in total. The summed E-state index contributed by atoms with van der Waals surface area (Å²) in [6.45, 7) is 3.18. The maximum Gasteiger partial charge on any atom is 0.396 e. The number of esters is 1. The lowest BCUT2D eigenvalue weighted by Gasteiger charge is -2.04. The highest BCUT2D eigenvalue weighted by molar-refractivity contribution is 6.32. The van der Waals surface area contributed by atoms with Gasteiger partial charge in [-0.1, -0.05) is 6.07 Å². The van der Waals surface area contributed by atoms with Gasteiger partial charge in [0.25, 0.3) is 0 Å². The molecule has 0 aromatic carbocycles. The molecule has 0 aliphatic heterocycles. The van der Waals surface area contributed by atoms with Crippen molar-refractivity contribution < 1.29 is 19.1 Å². The summed E-state index contributed by atoms with van der Waals surface area (Å²) in [4.78, 5) is 37.8. The highest BCUT2D eigenvalue weighted by Crippen LogP contribution is 1.98. The Balaban J connectivity index is 2.51. The third-order valence-corrected chi connectivity index (χ3v) is 2.04. The van der Waals surface area contributed by atoms with Crippen molar-refractivity contribution >= 4 is 17.7 Å². The molecule has 0 radical (unpaired) electrons. The normalized spacial score (nSPS) is 9.67. The SMILES string of the molecule is CCOC(=O)C(=O)NCC(=O)c1cccc(C)n1. The van der Waals surface area contributed by atoms with E-state index in [1.165, 1.54) is 0 Å². The summed E-state index contributed by atoms with van der Waals surface area (Å²) in [5.74, 6) is -2.29. The number of nitrogens with one attached hydrogen (secondary N) is 1. The average Bonchev–Trinajstić information content (AvgIpc) is 2.35. The highest BCUT2D eigenvalue weighted by Gasteiger charge is 2.16. The molecule has 0 unspecified atom stereocenters. The summed E-state index contributed by atoms with van der Waals surface area (Å²) in [5, 5.41) is 2.18. The van der Waals surface area contributed by atoms with Gasteiger partial charge in [-0.15, -0.1) is 0 Å². The number of amides is 1. The third-order valence-electron chi connectivity index (χ3n) is 2.04. The third kappa shape index (κ3) is 3.97. The number of carbonyl (C=O) groups excluding carboxylic acids is 3. The van der Waals surface area contributed by atoms with E-state index in [1.54, 1.807) is 32.0 Å². The van der Waals surface area contributed by atoms with E-state index in [4.69, 9.17) is 0 Å². The van der Waals surface area contributed by atoms with Crippen molar-refractivity contribution in [1.29, 1.82) is 0 Å². The standard InChI is InChI=1S/C12H14N2O4/c1-3-18-12(17)11(16)13-7-10(15)9-6-4-5-8(2)14-9/h4-6H,3,7H2,1-2H3,(H,13,16). The molecular formula is C12H14N2O4. The zero-order chi connectivity index (χ0) is 13.5. The first kappa shape index (κ1) is 13.8. The smallest absolute Gasteiger partial charge is 0.396 e. The largest absolute Gasteiger partial charge is 0.459 e. The molecular weight excluding hydrogens is 236 g/mol. The molecule has 1 amide bonds. The van der Waals surface area contributed by atoms with Crippen LogP contribution in [0.15, 0.2) is 18.2 Å². The predicted molar refractivity (Wildman–Crippen MR) is 62.9 cm³/mol. The molecule has 0 aliphatic rings. The van der Waals surface area contributed by atoms with Crippen molar-refractivity contribution in [1.82, 2.24) is 10.3 Å². The van der Waals surface area contributed by atoms with Crippen LogP contribution >= 0.6 is 0 Å². The minimum atomic E-state index is -0.998. The van der Waals surface area contributed by atoms with Crippen LogP contribution in [0.4, 0.5) is 0 Å². The summed E-state index contributed by atoms with van der Waals surface area (Å²) in [7, 11) is 0. The summed E-state index contributed by atoms with van der Waals surface area (Å²) in [5.41, 5.74) is 0.955. The number of hydrogen-bond acceptors (Lipinski definition) is 5. The number of aryl methyl sites for hydroxylation is 1. The van der Waals surface area contributed by atoms with Crippen LogP contribution < -0.4 is 5.32 Å². The molecule has 0 spiro atoms. The van der Waals surface area contributed by atoms with E-state index in [0.29, 0.717) is 5.69 Å². The van der Waals surface area contributed by atoms with Crippen molar-refractivity contribution in [3.63, 3.8) is 0 Å². The Morgan fingerprint density at radius 3 is 2.67 bits per heavy atom. The second-order valence-electron chi connectivity index (χ2n) is 3.49. The first-order valence-electron chi connectivity index (χ1n) is 5.46. The number of hydrogen-bond donors (Lipinski definition) is 1. The second kappa shape index (κ2) is 6.48. The number of ketones is 1. The molecule has 0 aliphatic carbocycles. The minimum absolute atomic E-state index is 0.111. The molecule has 18 heavy (non-hydrogen) atoms. The fourth-order valence-electron chi connectivity index (χ4n) is 1.22. The predicted octanol–water partition coefficient (Wildman–Crippen LogP) is 0.252. The minimum Gasteiger partial charge on any atom is -0.459 e. The molecule has 1 aromatic heterocycles. The Morgan fingerprint density at radius 2 is 2.06 bits per heavy atom. The van der Waals surface area contributed by atoms with E-state index in [1.807, 2.05) is 0 Å². The zero-order valence-corrected chi connectivity index (χ0v) is 10.2. The zero-order valence-electron chi connectivity index (χ0n) is 10.2. The topological polar surface area (TPSA) is 85.4 Å². The van der Waals surface area contributed by atoms with Gasteiger partial charge in [-0.25, -0.2) is 9.78 Å². The van der Waals surface area contributed by atoms with Crippen molar-refractivity contribution in [2.45, 2.75) is 13.8 Å². The molecule has 6 heteroatoms. The fraction of sp³-hybridized carbons (Fsp3) is 0.333. The Bertz CT molecular complexity index is 471. The van der Waals surface area contributed by atoms with Gasteiger partial charge in [0.15, 0.2) is 5.78 Å². The molecule has 6 nitrogen and oxygen atoms in total. The van der Waals surface area contributed by atoms with E-state index in [0.717, 1.165) is 0 Å². The van der Waals surface area contributed by atoms with E-state index >= 15 is 0 Å². The quantitative estimate of drug-likeness (QED) is 0.470. The monoisotopic (exact) mass is 250 g/mol. The number of rotatable bonds is 4. The first-order chi connectivity index (χ1) is 8.54. The number of aromatic nitrogens is 1. The Kier molecular flexibility index (Phi) is 4.98. The van der Waals surface area contributed by atoms with Gasteiger partial charge in [-0.05, 0) is 26.0 Å².